The standard InChI is InChI=1S/C17H22N2/c1-11-3-5-14(9-11)17(18)15-7-8-16-13(10-15)6-4-12(2)19-16/h4,6-8,10-11,14,17H,3,5,9,18H2,1-2H3. The Morgan fingerprint density at radius 2 is 2.05 bits per heavy atom. The highest BCUT2D eigenvalue weighted by Gasteiger charge is 2.27. The molecule has 2 nitrogen and oxygen atoms in total. The van der Waals surface area contributed by atoms with E-state index in [-0.39, 0.29) is 6.04 Å². The van der Waals surface area contributed by atoms with Crippen LogP contribution in [0, 0.1) is 18.8 Å². The molecule has 0 aliphatic heterocycles. The topological polar surface area (TPSA) is 38.9 Å². The number of aryl methyl sites for hydroxylation is 1. The van der Waals surface area contributed by atoms with Crippen LogP contribution < -0.4 is 5.73 Å². The highest BCUT2D eigenvalue weighted by molar-refractivity contribution is 5.79. The molecule has 1 fully saturated rings. The van der Waals surface area contributed by atoms with Crippen molar-refractivity contribution in [2.24, 2.45) is 17.6 Å². The van der Waals surface area contributed by atoms with E-state index in [9.17, 15) is 0 Å². The second-order valence-corrected chi connectivity index (χ2v) is 6.11. The van der Waals surface area contributed by atoms with Gasteiger partial charge in [0.1, 0.15) is 0 Å². The molecule has 1 aliphatic rings. The first-order valence-electron chi connectivity index (χ1n) is 7.26. The van der Waals surface area contributed by atoms with Crippen LogP contribution in [0.15, 0.2) is 30.3 Å². The van der Waals surface area contributed by atoms with E-state index in [1.807, 2.05) is 6.92 Å². The molecule has 1 aliphatic carbocycles. The molecule has 0 spiro atoms. The van der Waals surface area contributed by atoms with Crippen LogP contribution in [0.3, 0.4) is 0 Å². The van der Waals surface area contributed by atoms with Gasteiger partial charge in [-0.3, -0.25) is 4.98 Å². The van der Waals surface area contributed by atoms with Gasteiger partial charge in [0.2, 0.25) is 0 Å². The van der Waals surface area contributed by atoms with E-state index in [1.54, 1.807) is 0 Å². The number of nitrogens with two attached hydrogens (primary N) is 1. The van der Waals surface area contributed by atoms with Gasteiger partial charge in [-0.25, -0.2) is 0 Å². The van der Waals surface area contributed by atoms with Crippen molar-refractivity contribution in [3.05, 3.63) is 41.6 Å². The maximum atomic E-state index is 6.46. The Kier molecular flexibility index (Phi) is 3.28. The van der Waals surface area contributed by atoms with Crippen molar-refractivity contribution in [3.8, 4) is 0 Å². The molecule has 3 unspecified atom stereocenters. The zero-order valence-corrected chi connectivity index (χ0v) is 11.8. The third-order valence-electron chi connectivity index (χ3n) is 4.48. The fourth-order valence-corrected chi connectivity index (χ4v) is 3.30. The molecule has 2 aromatic rings. The number of rotatable bonds is 2. The van der Waals surface area contributed by atoms with Crippen molar-refractivity contribution in [3.63, 3.8) is 0 Å². The van der Waals surface area contributed by atoms with Gasteiger partial charge < -0.3 is 5.73 Å². The Morgan fingerprint density at radius 3 is 2.79 bits per heavy atom. The normalized spacial score (nSPS) is 24.8. The van der Waals surface area contributed by atoms with Gasteiger partial charge in [-0.2, -0.15) is 0 Å². The average Bonchev–Trinajstić information content (AvgIpc) is 2.84. The lowest BCUT2D eigenvalue weighted by atomic mass is 9.91. The van der Waals surface area contributed by atoms with Crippen molar-refractivity contribution < 1.29 is 0 Å². The van der Waals surface area contributed by atoms with Gasteiger partial charge in [0.05, 0.1) is 5.52 Å². The minimum absolute atomic E-state index is 0.177. The van der Waals surface area contributed by atoms with Crippen molar-refractivity contribution >= 4 is 10.9 Å². The van der Waals surface area contributed by atoms with Crippen molar-refractivity contribution in [1.82, 2.24) is 4.98 Å². The first-order chi connectivity index (χ1) is 9.13. The van der Waals surface area contributed by atoms with Crippen LogP contribution in [0.4, 0.5) is 0 Å². The van der Waals surface area contributed by atoms with Crippen molar-refractivity contribution in [2.45, 2.75) is 39.2 Å². The molecule has 1 heterocycles. The summed E-state index contributed by atoms with van der Waals surface area (Å²) in [6.07, 6.45) is 3.87. The van der Waals surface area contributed by atoms with Crippen LogP contribution in [-0.4, -0.2) is 4.98 Å². The summed E-state index contributed by atoms with van der Waals surface area (Å²) in [6.45, 7) is 4.36. The zero-order valence-electron chi connectivity index (χ0n) is 11.8. The van der Waals surface area contributed by atoms with Crippen LogP contribution in [0.1, 0.15) is 43.5 Å². The molecule has 19 heavy (non-hydrogen) atoms. The largest absolute Gasteiger partial charge is 0.324 e. The van der Waals surface area contributed by atoms with Crippen molar-refractivity contribution in [1.29, 1.82) is 0 Å². The Morgan fingerprint density at radius 1 is 1.21 bits per heavy atom. The molecule has 0 radical (unpaired) electrons. The maximum Gasteiger partial charge on any atom is 0.0705 e. The molecular formula is C17H22N2. The Labute approximate surface area is 115 Å². The molecule has 100 valence electrons. The fourth-order valence-electron chi connectivity index (χ4n) is 3.30. The molecule has 0 bridgehead atoms. The molecular weight excluding hydrogens is 232 g/mol. The lowest BCUT2D eigenvalue weighted by molar-refractivity contribution is 0.429. The summed E-state index contributed by atoms with van der Waals surface area (Å²) in [5.74, 6) is 1.48. The first kappa shape index (κ1) is 12.6. The number of hydrogen-bond acceptors (Lipinski definition) is 2. The molecule has 1 saturated carbocycles. The summed E-state index contributed by atoms with van der Waals surface area (Å²) in [5.41, 5.74) is 9.85. The van der Waals surface area contributed by atoms with E-state index in [0.717, 1.165) is 17.1 Å². The smallest absolute Gasteiger partial charge is 0.0705 e. The second kappa shape index (κ2) is 4.93. The molecule has 1 aromatic heterocycles. The molecule has 0 saturated heterocycles. The van der Waals surface area contributed by atoms with E-state index >= 15 is 0 Å². The van der Waals surface area contributed by atoms with Crippen LogP contribution >= 0.6 is 0 Å². The molecule has 0 amide bonds. The van der Waals surface area contributed by atoms with Gasteiger partial charge in [-0.05, 0) is 55.4 Å². The highest BCUT2D eigenvalue weighted by atomic mass is 14.7. The van der Waals surface area contributed by atoms with E-state index < -0.39 is 0 Å². The molecule has 1 aromatic carbocycles. The van der Waals surface area contributed by atoms with Crippen LogP contribution in [0.25, 0.3) is 10.9 Å². The second-order valence-electron chi connectivity index (χ2n) is 6.11. The van der Waals surface area contributed by atoms with Gasteiger partial charge in [0.15, 0.2) is 0 Å². The van der Waals surface area contributed by atoms with Gasteiger partial charge in [-0.15, -0.1) is 0 Å². The van der Waals surface area contributed by atoms with Gasteiger partial charge >= 0.3 is 0 Å². The minimum atomic E-state index is 0.177. The van der Waals surface area contributed by atoms with Gasteiger partial charge in [-0.1, -0.05) is 25.5 Å². The average molecular weight is 254 g/mol. The van der Waals surface area contributed by atoms with E-state index in [4.69, 9.17) is 5.73 Å². The minimum Gasteiger partial charge on any atom is -0.324 e. The molecule has 3 rings (SSSR count). The first-order valence-corrected chi connectivity index (χ1v) is 7.26. The summed E-state index contributed by atoms with van der Waals surface area (Å²) >= 11 is 0. The number of nitrogens with zero attached hydrogens (tertiary/aromatic N) is 1. The zero-order chi connectivity index (χ0) is 13.4. The molecule has 2 N–H and O–H groups in total. The monoisotopic (exact) mass is 254 g/mol. The van der Waals surface area contributed by atoms with Gasteiger partial charge in [0.25, 0.3) is 0 Å². The number of hydrogen-bond donors (Lipinski definition) is 1. The van der Waals surface area contributed by atoms with E-state index in [2.05, 4.69) is 42.2 Å². The van der Waals surface area contributed by atoms with Crippen molar-refractivity contribution in [2.75, 3.05) is 0 Å². The number of pyridine rings is 1. The SMILES string of the molecule is Cc1ccc2cc(C(N)C3CCC(C)C3)ccc2n1. The molecule has 3 atom stereocenters. The summed E-state index contributed by atoms with van der Waals surface area (Å²) in [7, 11) is 0. The fraction of sp³-hybridized carbons (Fsp3) is 0.471. The highest BCUT2D eigenvalue weighted by Crippen LogP contribution is 2.38. The predicted octanol–water partition coefficient (Wildman–Crippen LogP) is 3.98. The Balaban J connectivity index is 1.90. The Bertz CT molecular complexity index is 591. The lowest BCUT2D eigenvalue weighted by Gasteiger charge is -2.20. The summed E-state index contributed by atoms with van der Waals surface area (Å²) in [6, 6.07) is 10.9. The maximum absolute atomic E-state index is 6.46. The quantitative estimate of drug-likeness (QED) is 0.880. The number of benzene rings is 1. The summed E-state index contributed by atoms with van der Waals surface area (Å²) in [4.78, 5) is 4.54. The number of fused-ring (bicyclic) bond motifs is 1. The lowest BCUT2D eigenvalue weighted by Crippen LogP contribution is -2.19. The summed E-state index contributed by atoms with van der Waals surface area (Å²) < 4.78 is 0. The third-order valence-corrected chi connectivity index (χ3v) is 4.48. The molecule has 2 heteroatoms. The van der Waals surface area contributed by atoms with Crippen LogP contribution in [0.2, 0.25) is 0 Å². The predicted molar refractivity (Wildman–Crippen MR) is 79.9 cm³/mol. The summed E-state index contributed by atoms with van der Waals surface area (Å²) in [5, 5.41) is 1.20. The van der Waals surface area contributed by atoms with E-state index in [0.29, 0.717) is 5.92 Å². The third kappa shape index (κ3) is 2.50. The van der Waals surface area contributed by atoms with E-state index in [1.165, 1.54) is 30.2 Å². The van der Waals surface area contributed by atoms with Gasteiger partial charge in [0, 0.05) is 17.1 Å². The Hall–Kier alpha value is -1.41. The van der Waals surface area contributed by atoms with Crippen LogP contribution in [0.5, 0.6) is 0 Å². The van der Waals surface area contributed by atoms with Crippen LogP contribution in [-0.2, 0) is 0 Å². The number of aromatic nitrogens is 1.